The largest absolute Gasteiger partial charge is 0.481 e. The second kappa shape index (κ2) is 4.20. The molecule has 16 heavy (non-hydrogen) atoms. The summed E-state index contributed by atoms with van der Waals surface area (Å²) in [5.41, 5.74) is 0.325. The lowest BCUT2D eigenvalue weighted by atomic mass is 9.90. The lowest BCUT2D eigenvalue weighted by Crippen LogP contribution is -2.10. The first kappa shape index (κ1) is 11.0. The van der Waals surface area contributed by atoms with Crippen LogP contribution in [0.5, 0.6) is 0 Å². The molecule has 1 atom stereocenters. The first-order valence-corrected chi connectivity index (χ1v) is 5.24. The van der Waals surface area contributed by atoms with E-state index in [4.69, 9.17) is 5.11 Å². The minimum atomic E-state index is -0.944. The van der Waals surface area contributed by atoms with Crippen LogP contribution in [0.1, 0.15) is 30.7 Å². The van der Waals surface area contributed by atoms with Gasteiger partial charge in [-0.3, -0.25) is 4.79 Å². The van der Waals surface area contributed by atoms with E-state index in [9.17, 15) is 13.6 Å². The van der Waals surface area contributed by atoms with Crippen molar-refractivity contribution in [3.05, 3.63) is 35.4 Å². The fourth-order valence-electron chi connectivity index (χ4n) is 2.02. The smallest absolute Gasteiger partial charge is 0.303 e. The molecule has 1 aliphatic rings. The monoisotopic (exact) mass is 226 g/mol. The molecule has 2 rings (SSSR count). The summed E-state index contributed by atoms with van der Waals surface area (Å²) in [5, 5.41) is 8.77. The molecule has 0 aliphatic heterocycles. The van der Waals surface area contributed by atoms with Crippen molar-refractivity contribution in [1.29, 1.82) is 0 Å². The molecule has 1 fully saturated rings. The van der Waals surface area contributed by atoms with Gasteiger partial charge < -0.3 is 5.11 Å². The van der Waals surface area contributed by atoms with Crippen molar-refractivity contribution in [2.24, 2.45) is 5.92 Å². The van der Waals surface area contributed by atoms with Gasteiger partial charge in [0.1, 0.15) is 11.6 Å². The van der Waals surface area contributed by atoms with Gasteiger partial charge in [0.15, 0.2) is 0 Å². The highest BCUT2D eigenvalue weighted by molar-refractivity contribution is 5.68. The number of hydrogen-bond donors (Lipinski definition) is 1. The van der Waals surface area contributed by atoms with E-state index in [1.165, 1.54) is 12.1 Å². The quantitative estimate of drug-likeness (QED) is 0.857. The first-order valence-electron chi connectivity index (χ1n) is 5.24. The zero-order chi connectivity index (χ0) is 11.7. The van der Waals surface area contributed by atoms with Crippen molar-refractivity contribution >= 4 is 5.97 Å². The van der Waals surface area contributed by atoms with Crippen molar-refractivity contribution in [2.45, 2.75) is 25.2 Å². The topological polar surface area (TPSA) is 37.3 Å². The Labute approximate surface area is 91.9 Å². The number of aliphatic carboxylic acids is 1. The Morgan fingerprint density at radius 1 is 1.44 bits per heavy atom. The number of carboxylic acids is 1. The van der Waals surface area contributed by atoms with E-state index in [0.29, 0.717) is 5.56 Å². The summed E-state index contributed by atoms with van der Waals surface area (Å²) in [5.74, 6) is -2.31. The maximum Gasteiger partial charge on any atom is 0.303 e. The van der Waals surface area contributed by atoms with Crippen LogP contribution in [0.15, 0.2) is 18.2 Å². The molecule has 0 aromatic heterocycles. The van der Waals surface area contributed by atoms with Crippen LogP contribution < -0.4 is 0 Å². The molecule has 0 heterocycles. The number of hydrogen-bond acceptors (Lipinski definition) is 1. The summed E-state index contributed by atoms with van der Waals surface area (Å²) < 4.78 is 26.2. The van der Waals surface area contributed by atoms with Gasteiger partial charge >= 0.3 is 5.97 Å². The van der Waals surface area contributed by atoms with Gasteiger partial charge in [-0.2, -0.15) is 0 Å². The van der Waals surface area contributed by atoms with Crippen molar-refractivity contribution in [3.8, 4) is 0 Å². The van der Waals surface area contributed by atoms with Crippen LogP contribution in [0.4, 0.5) is 8.78 Å². The molecular weight excluding hydrogens is 214 g/mol. The minimum absolute atomic E-state index is 0.0901. The molecule has 1 saturated carbocycles. The zero-order valence-corrected chi connectivity index (χ0v) is 8.62. The van der Waals surface area contributed by atoms with Gasteiger partial charge in [0.2, 0.25) is 0 Å². The molecule has 0 saturated heterocycles. The molecule has 0 radical (unpaired) electrons. The highest BCUT2D eigenvalue weighted by Crippen LogP contribution is 2.45. The number of halogens is 2. The van der Waals surface area contributed by atoms with Crippen LogP contribution in [0.3, 0.4) is 0 Å². The van der Waals surface area contributed by atoms with Gasteiger partial charge in [-0.25, -0.2) is 8.78 Å². The van der Waals surface area contributed by atoms with E-state index in [1.807, 2.05) is 0 Å². The van der Waals surface area contributed by atoms with E-state index < -0.39 is 17.6 Å². The van der Waals surface area contributed by atoms with Crippen LogP contribution in [0.25, 0.3) is 0 Å². The highest BCUT2D eigenvalue weighted by Gasteiger charge is 2.35. The third-order valence-corrected chi connectivity index (χ3v) is 2.95. The van der Waals surface area contributed by atoms with E-state index in [-0.39, 0.29) is 18.3 Å². The number of rotatable bonds is 4. The van der Waals surface area contributed by atoms with Crippen molar-refractivity contribution in [2.75, 3.05) is 0 Å². The third kappa shape index (κ3) is 2.38. The van der Waals surface area contributed by atoms with Crippen molar-refractivity contribution in [3.63, 3.8) is 0 Å². The average molecular weight is 226 g/mol. The molecular formula is C12H12F2O2. The van der Waals surface area contributed by atoms with E-state index in [1.54, 1.807) is 0 Å². The molecule has 0 spiro atoms. The van der Waals surface area contributed by atoms with Gasteiger partial charge in [-0.05, 0) is 30.4 Å². The Hall–Kier alpha value is -1.45. The van der Waals surface area contributed by atoms with Gasteiger partial charge in [-0.1, -0.05) is 6.07 Å². The fourth-order valence-corrected chi connectivity index (χ4v) is 2.02. The Morgan fingerprint density at radius 2 is 2.12 bits per heavy atom. The molecule has 1 N–H and O–H groups in total. The lowest BCUT2D eigenvalue weighted by molar-refractivity contribution is -0.137. The van der Waals surface area contributed by atoms with Gasteiger partial charge in [0.25, 0.3) is 0 Å². The standard InChI is InChI=1S/C12H12F2O2/c13-8-3-4-9(11(14)5-8)10(6-12(15)16)7-1-2-7/h3-5,7,10H,1-2,6H2,(H,15,16). The van der Waals surface area contributed by atoms with Crippen molar-refractivity contribution in [1.82, 2.24) is 0 Å². The Bertz CT molecular complexity index is 413. The van der Waals surface area contributed by atoms with Crippen LogP contribution in [-0.4, -0.2) is 11.1 Å². The van der Waals surface area contributed by atoms with E-state index >= 15 is 0 Å². The number of carboxylic acid groups (broad SMARTS) is 1. The van der Waals surface area contributed by atoms with Crippen molar-refractivity contribution < 1.29 is 18.7 Å². The summed E-state index contributed by atoms with van der Waals surface area (Å²) in [6.07, 6.45) is 1.76. The minimum Gasteiger partial charge on any atom is -0.481 e. The summed E-state index contributed by atoms with van der Waals surface area (Å²) in [6.45, 7) is 0. The molecule has 1 unspecified atom stereocenters. The maximum absolute atomic E-state index is 13.5. The molecule has 2 nitrogen and oxygen atoms in total. The molecule has 1 aliphatic carbocycles. The highest BCUT2D eigenvalue weighted by atomic mass is 19.1. The summed E-state index contributed by atoms with van der Waals surface area (Å²) >= 11 is 0. The summed E-state index contributed by atoms with van der Waals surface area (Å²) in [6, 6.07) is 3.35. The molecule has 86 valence electrons. The zero-order valence-electron chi connectivity index (χ0n) is 8.62. The predicted octanol–water partition coefficient (Wildman–Crippen LogP) is 2.93. The van der Waals surface area contributed by atoms with Crippen LogP contribution in [0.2, 0.25) is 0 Å². The average Bonchev–Trinajstić information content (AvgIpc) is 2.97. The summed E-state index contributed by atoms with van der Waals surface area (Å²) in [7, 11) is 0. The predicted molar refractivity (Wildman–Crippen MR) is 54.1 cm³/mol. The van der Waals surface area contributed by atoms with Crippen LogP contribution >= 0.6 is 0 Å². The Morgan fingerprint density at radius 3 is 2.62 bits per heavy atom. The van der Waals surface area contributed by atoms with Gasteiger partial charge in [-0.15, -0.1) is 0 Å². The Balaban J connectivity index is 2.27. The van der Waals surface area contributed by atoms with Crippen LogP contribution in [-0.2, 0) is 4.79 Å². The second-order valence-electron chi connectivity index (χ2n) is 4.21. The third-order valence-electron chi connectivity index (χ3n) is 2.95. The number of carbonyl (C=O) groups is 1. The molecule has 1 aromatic carbocycles. The van der Waals surface area contributed by atoms with E-state index in [0.717, 1.165) is 18.9 Å². The van der Waals surface area contributed by atoms with E-state index in [2.05, 4.69) is 0 Å². The Kier molecular flexibility index (Phi) is 2.90. The molecule has 4 heteroatoms. The number of benzene rings is 1. The molecule has 0 bridgehead atoms. The SMILES string of the molecule is O=C(O)CC(c1ccc(F)cc1F)C1CC1. The summed E-state index contributed by atoms with van der Waals surface area (Å²) in [4.78, 5) is 10.7. The second-order valence-corrected chi connectivity index (χ2v) is 4.21. The van der Waals surface area contributed by atoms with Crippen LogP contribution in [0, 0.1) is 17.6 Å². The molecule has 1 aromatic rings. The first-order chi connectivity index (χ1) is 7.58. The van der Waals surface area contributed by atoms with Gasteiger partial charge in [0.05, 0.1) is 6.42 Å². The normalized spacial score (nSPS) is 17.1. The molecule has 0 amide bonds. The lowest BCUT2D eigenvalue weighted by Gasteiger charge is -2.15. The maximum atomic E-state index is 13.5. The van der Waals surface area contributed by atoms with Gasteiger partial charge in [0, 0.05) is 12.0 Å². The fraction of sp³-hybridized carbons (Fsp3) is 0.417.